The van der Waals surface area contributed by atoms with Crippen molar-refractivity contribution in [3.63, 3.8) is 0 Å². The summed E-state index contributed by atoms with van der Waals surface area (Å²) in [5.74, 6) is -0.394. The van der Waals surface area contributed by atoms with Crippen LogP contribution in [0.2, 0.25) is 0 Å². The fourth-order valence-electron chi connectivity index (χ4n) is 4.60. The van der Waals surface area contributed by atoms with E-state index in [1.807, 2.05) is 42.5 Å². The molecule has 0 aliphatic heterocycles. The molecule has 2 amide bonds. The zero-order valence-electron chi connectivity index (χ0n) is 24.6. The number of benzene rings is 2. The van der Waals surface area contributed by atoms with Gasteiger partial charge in [0.25, 0.3) is 6.01 Å². The first-order chi connectivity index (χ1) is 20.0. The Balaban J connectivity index is 1.45. The molecule has 1 atom stereocenters. The number of aromatic nitrogens is 2. The number of hydrogen-bond donors (Lipinski definition) is 2. The number of nitrogens with zero attached hydrogens (tertiary/aromatic N) is 3. The van der Waals surface area contributed by atoms with Crippen molar-refractivity contribution in [1.29, 1.82) is 0 Å². The molecule has 0 spiro atoms. The molecular weight excluding hydrogens is 534 g/mol. The SMILES string of the molecule is Cc1c(NC(=O)OC(C)(C)C)ccc2nc(NCCC(C(=O)N(C)CCc3cccnc3)c3ccccc3)oc(=O)c12. The second-order valence-corrected chi connectivity index (χ2v) is 11.1. The molecule has 220 valence electrons. The normalized spacial score (nSPS) is 12.0. The van der Waals surface area contributed by atoms with Gasteiger partial charge in [-0.1, -0.05) is 36.4 Å². The number of aryl methyl sites for hydroxylation is 1. The number of likely N-dealkylation sites (N-methyl/N-ethyl adjacent to an activating group) is 1. The van der Waals surface area contributed by atoms with Gasteiger partial charge in [-0.15, -0.1) is 0 Å². The summed E-state index contributed by atoms with van der Waals surface area (Å²) in [5, 5.41) is 6.02. The van der Waals surface area contributed by atoms with Crippen LogP contribution < -0.4 is 16.3 Å². The van der Waals surface area contributed by atoms with E-state index in [9.17, 15) is 14.4 Å². The first-order valence-electron chi connectivity index (χ1n) is 13.9. The highest BCUT2D eigenvalue weighted by Crippen LogP contribution is 2.25. The number of rotatable bonds is 10. The van der Waals surface area contributed by atoms with Crippen LogP contribution >= 0.6 is 0 Å². The van der Waals surface area contributed by atoms with Crippen LogP contribution in [0.3, 0.4) is 0 Å². The second kappa shape index (κ2) is 13.3. The van der Waals surface area contributed by atoms with Gasteiger partial charge in [0.2, 0.25) is 5.91 Å². The van der Waals surface area contributed by atoms with Gasteiger partial charge >= 0.3 is 11.7 Å². The predicted molar refractivity (Wildman–Crippen MR) is 163 cm³/mol. The lowest BCUT2D eigenvalue weighted by molar-refractivity contribution is -0.131. The zero-order chi connectivity index (χ0) is 30.3. The molecule has 42 heavy (non-hydrogen) atoms. The van der Waals surface area contributed by atoms with Crippen LogP contribution in [0.15, 0.2) is 76.2 Å². The van der Waals surface area contributed by atoms with Crippen molar-refractivity contribution in [3.8, 4) is 0 Å². The van der Waals surface area contributed by atoms with Crippen molar-refractivity contribution in [2.45, 2.75) is 52.1 Å². The van der Waals surface area contributed by atoms with Gasteiger partial charge in [0.05, 0.1) is 16.8 Å². The van der Waals surface area contributed by atoms with E-state index in [1.54, 1.807) is 64.2 Å². The van der Waals surface area contributed by atoms with Gasteiger partial charge in [-0.05, 0) is 75.4 Å². The van der Waals surface area contributed by atoms with Gasteiger partial charge in [-0.25, -0.2) is 9.59 Å². The Morgan fingerprint density at radius 2 is 1.83 bits per heavy atom. The minimum Gasteiger partial charge on any atom is -0.444 e. The van der Waals surface area contributed by atoms with Crippen molar-refractivity contribution >= 4 is 34.6 Å². The third-order valence-electron chi connectivity index (χ3n) is 6.74. The third-order valence-corrected chi connectivity index (χ3v) is 6.74. The molecule has 2 N–H and O–H groups in total. The number of carbonyl (C=O) groups excluding carboxylic acids is 2. The van der Waals surface area contributed by atoms with Gasteiger partial charge in [0, 0.05) is 38.2 Å². The molecule has 0 aliphatic carbocycles. The zero-order valence-corrected chi connectivity index (χ0v) is 24.6. The van der Waals surface area contributed by atoms with E-state index in [1.165, 1.54) is 0 Å². The molecule has 10 heteroatoms. The van der Waals surface area contributed by atoms with E-state index < -0.39 is 23.2 Å². The largest absolute Gasteiger partial charge is 0.444 e. The number of fused-ring (bicyclic) bond motifs is 1. The number of pyridine rings is 1. The number of nitrogens with one attached hydrogen (secondary N) is 2. The summed E-state index contributed by atoms with van der Waals surface area (Å²) in [6.07, 6.45) is 4.08. The van der Waals surface area contributed by atoms with Gasteiger partial charge in [-0.2, -0.15) is 4.98 Å². The smallest absolute Gasteiger partial charge is 0.412 e. The Bertz CT molecular complexity index is 1580. The van der Waals surface area contributed by atoms with E-state index in [0.717, 1.165) is 11.1 Å². The molecule has 10 nitrogen and oxygen atoms in total. The molecule has 4 aromatic rings. The van der Waals surface area contributed by atoms with Gasteiger partial charge in [0.15, 0.2) is 0 Å². The lowest BCUT2D eigenvalue weighted by Crippen LogP contribution is -2.34. The van der Waals surface area contributed by atoms with Crippen molar-refractivity contribution < 1.29 is 18.7 Å². The lowest BCUT2D eigenvalue weighted by Gasteiger charge is -2.24. The first kappa shape index (κ1) is 30.2. The molecule has 1 unspecified atom stereocenters. The van der Waals surface area contributed by atoms with Crippen LogP contribution in [0.1, 0.15) is 49.8 Å². The molecule has 0 bridgehead atoms. The van der Waals surface area contributed by atoms with Gasteiger partial charge in [0.1, 0.15) is 5.60 Å². The quantitative estimate of drug-likeness (QED) is 0.255. The van der Waals surface area contributed by atoms with Crippen molar-refractivity contribution in [1.82, 2.24) is 14.9 Å². The highest BCUT2D eigenvalue weighted by atomic mass is 16.6. The minimum atomic E-state index is -0.657. The van der Waals surface area contributed by atoms with Crippen molar-refractivity contribution in [2.24, 2.45) is 0 Å². The molecule has 0 radical (unpaired) electrons. The highest BCUT2D eigenvalue weighted by Gasteiger charge is 2.24. The van der Waals surface area contributed by atoms with E-state index in [4.69, 9.17) is 9.15 Å². The number of ether oxygens (including phenoxy) is 1. The molecule has 4 rings (SSSR count). The number of carbonyl (C=O) groups is 2. The van der Waals surface area contributed by atoms with Crippen LogP contribution in [-0.2, 0) is 16.0 Å². The van der Waals surface area contributed by atoms with E-state index in [2.05, 4.69) is 20.6 Å². The van der Waals surface area contributed by atoms with Crippen LogP contribution in [0.4, 0.5) is 16.5 Å². The van der Waals surface area contributed by atoms with Crippen LogP contribution in [0.5, 0.6) is 0 Å². The van der Waals surface area contributed by atoms with Crippen LogP contribution in [-0.4, -0.2) is 52.6 Å². The van der Waals surface area contributed by atoms with Gasteiger partial charge in [-0.3, -0.25) is 15.1 Å². The summed E-state index contributed by atoms with van der Waals surface area (Å²) in [5.41, 5.74) is 2.11. The average molecular weight is 572 g/mol. The Morgan fingerprint density at radius 1 is 1.07 bits per heavy atom. The maximum Gasteiger partial charge on any atom is 0.412 e. The maximum absolute atomic E-state index is 13.5. The highest BCUT2D eigenvalue weighted by molar-refractivity contribution is 5.93. The topological polar surface area (TPSA) is 127 Å². The molecule has 0 saturated carbocycles. The van der Waals surface area contributed by atoms with Gasteiger partial charge < -0.3 is 19.4 Å². The summed E-state index contributed by atoms with van der Waals surface area (Å²) in [4.78, 5) is 49.0. The number of hydrogen-bond acceptors (Lipinski definition) is 8. The third kappa shape index (κ3) is 7.93. The fraction of sp³-hybridized carbons (Fsp3) is 0.344. The van der Waals surface area contributed by atoms with E-state index >= 15 is 0 Å². The first-order valence-corrected chi connectivity index (χ1v) is 13.9. The molecule has 0 saturated heterocycles. The Kier molecular flexibility index (Phi) is 9.57. The summed E-state index contributed by atoms with van der Waals surface area (Å²) in [7, 11) is 1.81. The molecule has 2 aromatic carbocycles. The summed E-state index contributed by atoms with van der Waals surface area (Å²) >= 11 is 0. The Morgan fingerprint density at radius 3 is 2.52 bits per heavy atom. The Hall–Kier alpha value is -4.73. The van der Waals surface area contributed by atoms with Crippen molar-refractivity contribution in [3.05, 3.63) is 94.1 Å². The average Bonchev–Trinajstić information content (AvgIpc) is 2.95. The predicted octanol–water partition coefficient (Wildman–Crippen LogP) is 5.53. The summed E-state index contributed by atoms with van der Waals surface area (Å²) in [6.45, 7) is 7.93. The fourth-order valence-corrected chi connectivity index (χ4v) is 4.60. The van der Waals surface area contributed by atoms with Crippen LogP contribution in [0.25, 0.3) is 10.9 Å². The minimum absolute atomic E-state index is 0.000421. The summed E-state index contributed by atoms with van der Waals surface area (Å²) in [6, 6.07) is 16.9. The molecular formula is C32H37N5O5. The second-order valence-electron chi connectivity index (χ2n) is 11.1. The molecule has 0 aliphatic rings. The molecule has 2 heterocycles. The summed E-state index contributed by atoms with van der Waals surface area (Å²) < 4.78 is 10.8. The Labute approximate surface area is 245 Å². The number of amides is 2. The monoisotopic (exact) mass is 571 g/mol. The number of anilines is 2. The van der Waals surface area contributed by atoms with E-state index in [-0.39, 0.29) is 17.3 Å². The van der Waals surface area contributed by atoms with Crippen molar-refractivity contribution in [2.75, 3.05) is 30.8 Å². The lowest BCUT2D eigenvalue weighted by atomic mass is 9.94. The maximum atomic E-state index is 13.5. The standard InChI is InChI=1S/C32H37N5O5/c1-21-25(36-31(40)42-32(2,3)4)13-14-26-27(21)29(39)41-30(35-26)34-18-15-24(23-11-7-6-8-12-23)28(38)37(5)19-16-22-10-9-17-33-20-22/h6-14,17,20,24H,15-16,18-19H2,1-5H3,(H,34,35)(H,36,40). The molecule has 2 aromatic heterocycles. The molecule has 0 fully saturated rings. The van der Waals surface area contributed by atoms with Crippen LogP contribution in [0, 0.1) is 6.92 Å². The van der Waals surface area contributed by atoms with E-state index in [0.29, 0.717) is 42.7 Å².